The Kier molecular flexibility index (Phi) is 4.88. The SMILES string of the molecule is CC1=C(Br)SC(=C(C(=O)C(F)(F)F)C(=O)C(F)(F)F)N1C. The molecular formula is C10H6BrF6NO2S. The van der Waals surface area contributed by atoms with Crippen LogP contribution in [-0.4, -0.2) is 35.9 Å². The summed E-state index contributed by atoms with van der Waals surface area (Å²) >= 11 is 3.37. The van der Waals surface area contributed by atoms with E-state index in [2.05, 4.69) is 15.9 Å². The minimum absolute atomic E-state index is 0.211. The van der Waals surface area contributed by atoms with Gasteiger partial charge in [0.2, 0.25) is 0 Å². The van der Waals surface area contributed by atoms with Crippen molar-refractivity contribution >= 4 is 39.3 Å². The molecule has 0 bridgehead atoms. The van der Waals surface area contributed by atoms with Crippen LogP contribution in [0.5, 0.6) is 0 Å². The van der Waals surface area contributed by atoms with E-state index in [9.17, 15) is 35.9 Å². The lowest BCUT2D eigenvalue weighted by Gasteiger charge is -2.19. The van der Waals surface area contributed by atoms with Crippen LogP contribution in [0.4, 0.5) is 26.3 Å². The summed E-state index contributed by atoms with van der Waals surface area (Å²) < 4.78 is 75.0. The molecule has 0 spiro atoms. The van der Waals surface area contributed by atoms with Crippen molar-refractivity contribution in [3.8, 4) is 0 Å². The number of Topliss-reactive ketones (excluding diaryl/α,β-unsaturated/α-hetero) is 2. The van der Waals surface area contributed by atoms with Crippen molar-refractivity contribution in [3.05, 3.63) is 20.1 Å². The second kappa shape index (κ2) is 5.67. The van der Waals surface area contributed by atoms with Gasteiger partial charge in [0.15, 0.2) is 0 Å². The number of nitrogens with zero attached hydrogens (tertiary/aromatic N) is 1. The van der Waals surface area contributed by atoms with E-state index in [4.69, 9.17) is 0 Å². The highest BCUT2D eigenvalue weighted by atomic mass is 79.9. The Labute approximate surface area is 127 Å². The predicted octanol–water partition coefficient (Wildman–Crippen LogP) is 3.72. The maximum atomic E-state index is 12.5. The van der Waals surface area contributed by atoms with Crippen molar-refractivity contribution in [2.75, 3.05) is 7.05 Å². The van der Waals surface area contributed by atoms with E-state index in [1.54, 1.807) is 0 Å². The average Bonchev–Trinajstić information content (AvgIpc) is 2.55. The van der Waals surface area contributed by atoms with Gasteiger partial charge in [0.1, 0.15) is 5.57 Å². The van der Waals surface area contributed by atoms with E-state index < -0.39 is 34.5 Å². The van der Waals surface area contributed by atoms with Gasteiger partial charge in [0, 0.05) is 12.7 Å². The number of rotatable bonds is 2. The normalized spacial score (nSPS) is 16.6. The summed E-state index contributed by atoms with van der Waals surface area (Å²) in [6.07, 6.45) is -11.2. The number of halogens is 7. The molecule has 0 aromatic rings. The Morgan fingerprint density at radius 2 is 1.43 bits per heavy atom. The van der Waals surface area contributed by atoms with Gasteiger partial charge in [-0.15, -0.1) is 0 Å². The topological polar surface area (TPSA) is 37.4 Å². The van der Waals surface area contributed by atoms with Gasteiger partial charge >= 0.3 is 12.4 Å². The van der Waals surface area contributed by atoms with Crippen LogP contribution >= 0.6 is 27.7 Å². The Bertz CT molecular complexity index is 535. The first-order valence-corrected chi connectivity index (χ1v) is 6.64. The summed E-state index contributed by atoms with van der Waals surface area (Å²) in [4.78, 5) is 23.4. The Balaban J connectivity index is 3.50. The van der Waals surface area contributed by atoms with Crippen molar-refractivity contribution in [3.63, 3.8) is 0 Å². The van der Waals surface area contributed by atoms with Crippen molar-refractivity contribution in [1.82, 2.24) is 4.90 Å². The van der Waals surface area contributed by atoms with Gasteiger partial charge in [-0.05, 0) is 22.9 Å². The second-order valence-electron chi connectivity index (χ2n) is 3.85. The van der Waals surface area contributed by atoms with Gasteiger partial charge in [0.25, 0.3) is 11.6 Å². The molecule has 21 heavy (non-hydrogen) atoms. The van der Waals surface area contributed by atoms with Crippen LogP contribution in [-0.2, 0) is 9.59 Å². The van der Waals surface area contributed by atoms with Crippen LogP contribution in [0.15, 0.2) is 20.1 Å². The number of hydrogen-bond donors (Lipinski definition) is 0. The lowest BCUT2D eigenvalue weighted by Crippen LogP contribution is -2.36. The van der Waals surface area contributed by atoms with E-state index in [-0.39, 0.29) is 9.51 Å². The van der Waals surface area contributed by atoms with Crippen molar-refractivity contribution in [2.45, 2.75) is 19.3 Å². The van der Waals surface area contributed by atoms with E-state index in [1.807, 2.05) is 0 Å². The van der Waals surface area contributed by atoms with Gasteiger partial charge in [-0.25, -0.2) is 0 Å². The fraction of sp³-hybridized carbons (Fsp3) is 0.400. The molecule has 1 rings (SSSR count). The highest BCUT2D eigenvalue weighted by molar-refractivity contribution is 9.14. The monoisotopic (exact) mass is 397 g/mol. The third kappa shape index (κ3) is 3.62. The summed E-state index contributed by atoms with van der Waals surface area (Å²) in [6, 6.07) is 0. The molecule has 0 unspecified atom stereocenters. The molecule has 3 nitrogen and oxygen atoms in total. The molecule has 0 N–H and O–H groups in total. The van der Waals surface area contributed by atoms with Crippen LogP contribution < -0.4 is 0 Å². The number of hydrogen-bond acceptors (Lipinski definition) is 4. The van der Waals surface area contributed by atoms with Crippen molar-refractivity contribution in [2.24, 2.45) is 0 Å². The third-order valence-electron chi connectivity index (χ3n) is 2.46. The maximum Gasteiger partial charge on any atom is 0.455 e. The Hall–Kier alpha value is -0.970. The molecule has 118 valence electrons. The average molecular weight is 398 g/mol. The zero-order valence-corrected chi connectivity index (χ0v) is 12.7. The molecule has 11 heteroatoms. The summed E-state index contributed by atoms with van der Waals surface area (Å²) in [5.41, 5.74) is -1.66. The predicted molar refractivity (Wildman–Crippen MR) is 66.1 cm³/mol. The minimum Gasteiger partial charge on any atom is -0.341 e. The maximum absolute atomic E-state index is 12.5. The van der Waals surface area contributed by atoms with Crippen LogP contribution in [0.2, 0.25) is 0 Å². The first-order chi connectivity index (χ1) is 9.28. The summed E-state index contributed by atoms with van der Waals surface area (Å²) in [5, 5.41) is -0.718. The molecule has 0 amide bonds. The van der Waals surface area contributed by atoms with Crippen LogP contribution in [0, 0.1) is 0 Å². The molecule has 0 fully saturated rings. The fourth-order valence-corrected chi connectivity index (χ4v) is 3.05. The van der Waals surface area contributed by atoms with Crippen LogP contribution in [0.25, 0.3) is 0 Å². The van der Waals surface area contributed by atoms with E-state index in [0.29, 0.717) is 11.8 Å². The molecule has 0 saturated heterocycles. The lowest BCUT2D eigenvalue weighted by atomic mass is 10.1. The van der Waals surface area contributed by atoms with Crippen molar-refractivity contribution < 1.29 is 35.9 Å². The lowest BCUT2D eigenvalue weighted by molar-refractivity contribution is -0.175. The standard InChI is InChI=1S/C10H6BrF6NO2S/c1-3-7(11)21-8(18(3)2)4(5(19)9(12,13)14)6(20)10(15,16)17/h1-2H3. The zero-order chi connectivity index (χ0) is 16.7. The third-order valence-corrected chi connectivity index (χ3v) is 4.67. The van der Waals surface area contributed by atoms with E-state index in [1.165, 1.54) is 6.92 Å². The largest absolute Gasteiger partial charge is 0.455 e. The molecule has 0 aromatic carbocycles. The Morgan fingerprint density at radius 3 is 1.67 bits per heavy atom. The highest BCUT2D eigenvalue weighted by Crippen LogP contribution is 2.46. The van der Waals surface area contributed by atoms with E-state index in [0.717, 1.165) is 11.9 Å². The van der Waals surface area contributed by atoms with Crippen LogP contribution in [0.1, 0.15) is 6.92 Å². The summed E-state index contributed by atoms with van der Waals surface area (Å²) in [5.74, 6) is -5.65. The molecule has 0 aromatic heterocycles. The Morgan fingerprint density at radius 1 is 1.05 bits per heavy atom. The number of alkyl halides is 6. The fourth-order valence-electron chi connectivity index (χ4n) is 1.31. The molecule has 0 saturated carbocycles. The second-order valence-corrected chi connectivity index (χ2v) is 6.17. The molecule has 1 aliphatic rings. The molecule has 1 heterocycles. The summed E-state index contributed by atoms with van der Waals surface area (Å²) in [6.45, 7) is 1.40. The first kappa shape index (κ1) is 18.1. The molecule has 0 aliphatic carbocycles. The number of carbonyl (C=O) groups is 2. The van der Waals surface area contributed by atoms with Gasteiger partial charge in [-0.2, -0.15) is 26.3 Å². The van der Waals surface area contributed by atoms with Gasteiger partial charge in [-0.3, -0.25) is 9.59 Å². The van der Waals surface area contributed by atoms with Gasteiger partial charge < -0.3 is 4.90 Å². The minimum atomic E-state index is -5.59. The molecular weight excluding hydrogens is 392 g/mol. The van der Waals surface area contributed by atoms with Gasteiger partial charge in [-0.1, -0.05) is 11.8 Å². The first-order valence-electron chi connectivity index (χ1n) is 5.03. The number of allylic oxidation sites excluding steroid dienone is 2. The van der Waals surface area contributed by atoms with Crippen molar-refractivity contribution in [1.29, 1.82) is 0 Å². The highest BCUT2D eigenvalue weighted by Gasteiger charge is 2.52. The number of carbonyl (C=O) groups excluding carboxylic acids is 2. The molecule has 0 radical (unpaired) electrons. The zero-order valence-electron chi connectivity index (χ0n) is 10.3. The molecule has 1 aliphatic heterocycles. The number of ketones is 2. The number of thioether (sulfide) groups is 1. The molecule has 0 atom stereocenters. The smallest absolute Gasteiger partial charge is 0.341 e. The summed E-state index contributed by atoms with van der Waals surface area (Å²) in [7, 11) is 1.15. The quantitative estimate of drug-likeness (QED) is 0.308. The van der Waals surface area contributed by atoms with Crippen LogP contribution in [0.3, 0.4) is 0 Å². The van der Waals surface area contributed by atoms with E-state index >= 15 is 0 Å². The van der Waals surface area contributed by atoms with Gasteiger partial charge in [0.05, 0.1) is 8.84 Å².